The van der Waals surface area contributed by atoms with Gasteiger partial charge in [-0.25, -0.2) is 4.39 Å². The molecule has 2 N–H and O–H groups in total. The molecule has 0 saturated carbocycles. The first kappa shape index (κ1) is 15.7. The van der Waals surface area contributed by atoms with Crippen LogP contribution in [0.2, 0.25) is 0 Å². The summed E-state index contributed by atoms with van der Waals surface area (Å²) in [6.45, 7) is 4.44. The summed E-state index contributed by atoms with van der Waals surface area (Å²) in [5.41, 5.74) is 7.38. The molecule has 23 heavy (non-hydrogen) atoms. The van der Waals surface area contributed by atoms with Gasteiger partial charge >= 0.3 is 0 Å². The van der Waals surface area contributed by atoms with Crippen molar-refractivity contribution in [2.24, 2.45) is 5.73 Å². The third-order valence-corrected chi connectivity index (χ3v) is 4.82. The number of fused-ring (bicyclic) bond motifs is 1. The van der Waals surface area contributed by atoms with E-state index in [0.717, 1.165) is 10.4 Å². The van der Waals surface area contributed by atoms with Crippen LogP contribution in [0.15, 0.2) is 24.3 Å². The van der Waals surface area contributed by atoms with Gasteiger partial charge in [-0.1, -0.05) is 5.92 Å². The van der Waals surface area contributed by atoms with Crippen LogP contribution in [0.3, 0.4) is 0 Å². The molecule has 1 aliphatic heterocycles. The smallest absolute Gasteiger partial charge is 0.251 e. The van der Waals surface area contributed by atoms with Gasteiger partial charge in [-0.05, 0) is 49.6 Å². The average Bonchev–Trinajstić information content (AvgIpc) is 2.83. The topological polar surface area (TPSA) is 52.3 Å². The molecule has 0 aliphatic carbocycles. The predicted octanol–water partition coefficient (Wildman–Crippen LogP) is 3.24. The number of hydrogen-bond donors (Lipinski definition) is 1. The zero-order chi connectivity index (χ0) is 16.6. The standard InChI is InChI=1S/C18H16FNO2S/c1-18(2)9-13-15(10-22-18)23-14(16(13)17(20)21)8-5-11-3-6-12(19)7-4-11/h3-4,6-7H,9-10H2,1-2H3,(H2,20,21). The first-order valence-corrected chi connectivity index (χ1v) is 8.03. The van der Waals surface area contributed by atoms with Gasteiger partial charge in [-0.2, -0.15) is 0 Å². The van der Waals surface area contributed by atoms with Gasteiger partial charge in [0.15, 0.2) is 0 Å². The van der Waals surface area contributed by atoms with E-state index in [0.29, 0.717) is 29.0 Å². The van der Waals surface area contributed by atoms with Crippen molar-refractivity contribution in [3.63, 3.8) is 0 Å². The molecule has 2 aromatic rings. The Bertz CT molecular complexity index is 825. The number of amides is 1. The minimum absolute atomic E-state index is 0.306. The molecule has 118 valence electrons. The molecule has 1 aromatic heterocycles. The summed E-state index contributed by atoms with van der Waals surface area (Å²) in [4.78, 5) is 13.5. The molecule has 2 heterocycles. The van der Waals surface area contributed by atoms with Crippen LogP contribution in [0.25, 0.3) is 0 Å². The van der Waals surface area contributed by atoms with Gasteiger partial charge in [0.05, 0.1) is 22.6 Å². The number of hydrogen-bond acceptors (Lipinski definition) is 3. The number of halogens is 1. The van der Waals surface area contributed by atoms with E-state index in [2.05, 4.69) is 11.8 Å². The van der Waals surface area contributed by atoms with Crippen molar-refractivity contribution in [1.29, 1.82) is 0 Å². The maximum atomic E-state index is 12.9. The SMILES string of the molecule is CC1(C)Cc2c(sc(C#Cc3ccc(F)cc3)c2C(N)=O)CO1. The fourth-order valence-electron chi connectivity index (χ4n) is 2.56. The van der Waals surface area contributed by atoms with Gasteiger partial charge < -0.3 is 10.5 Å². The lowest BCUT2D eigenvalue weighted by Gasteiger charge is -2.30. The highest BCUT2D eigenvalue weighted by Crippen LogP contribution is 2.36. The Labute approximate surface area is 138 Å². The quantitative estimate of drug-likeness (QED) is 0.817. The minimum atomic E-state index is -0.469. The van der Waals surface area contributed by atoms with Gasteiger partial charge in [0.2, 0.25) is 0 Å². The largest absolute Gasteiger partial charge is 0.370 e. The van der Waals surface area contributed by atoms with Gasteiger partial charge in [-0.15, -0.1) is 11.3 Å². The van der Waals surface area contributed by atoms with Gasteiger partial charge in [0.1, 0.15) is 5.82 Å². The molecule has 5 heteroatoms. The summed E-state index contributed by atoms with van der Waals surface area (Å²) >= 11 is 1.44. The van der Waals surface area contributed by atoms with Crippen LogP contribution in [0.4, 0.5) is 4.39 Å². The molecule has 0 radical (unpaired) electrons. The number of nitrogens with two attached hydrogens (primary N) is 1. The second kappa shape index (κ2) is 5.80. The van der Waals surface area contributed by atoms with E-state index >= 15 is 0 Å². The lowest BCUT2D eigenvalue weighted by molar-refractivity contribution is -0.0383. The van der Waals surface area contributed by atoms with Crippen molar-refractivity contribution in [3.05, 3.63) is 56.5 Å². The van der Waals surface area contributed by atoms with Crippen molar-refractivity contribution in [2.45, 2.75) is 32.5 Å². The summed E-state index contributed by atoms with van der Waals surface area (Å²) < 4.78 is 18.7. The van der Waals surface area contributed by atoms with Gasteiger partial charge in [0, 0.05) is 16.9 Å². The zero-order valence-corrected chi connectivity index (χ0v) is 13.7. The van der Waals surface area contributed by atoms with E-state index < -0.39 is 5.91 Å². The number of benzene rings is 1. The van der Waals surface area contributed by atoms with Crippen molar-refractivity contribution in [1.82, 2.24) is 0 Å². The number of carbonyl (C=O) groups is 1. The van der Waals surface area contributed by atoms with Crippen molar-refractivity contribution in [2.75, 3.05) is 0 Å². The molecular weight excluding hydrogens is 313 g/mol. The normalized spacial score (nSPS) is 15.4. The molecule has 0 bridgehead atoms. The van der Waals surface area contributed by atoms with Crippen molar-refractivity contribution < 1.29 is 13.9 Å². The molecule has 0 saturated heterocycles. The molecule has 1 amide bonds. The van der Waals surface area contributed by atoms with E-state index in [1.54, 1.807) is 12.1 Å². The maximum Gasteiger partial charge on any atom is 0.251 e. The van der Waals surface area contributed by atoms with Crippen molar-refractivity contribution >= 4 is 17.2 Å². The Balaban J connectivity index is 2.02. The second-order valence-electron chi connectivity index (χ2n) is 6.05. The molecule has 0 atom stereocenters. The van der Waals surface area contributed by atoms with Gasteiger partial charge in [0.25, 0.3) is 5.91 Å². The first-order valence-electron chi connectivity index (χ1n) is 7.21. The minimum Gasteiger partial charge on any atom is -0.370 e. The molecular formula is C18H16FNO2S. The number of thiophene rings is 1. The highest BCUT2D eigenvalue weighted by Gasteiger charge is 2.32. The van der Waals surface area contributed by atoms with Crippen molar-refractivity contribution in [3.8, 4) is 11.8 Å². The molecule has 1 aliphatic rings. The molecule has 0 unspecified atom stereocenters. The fourth-order valence-corrected chi connectivity index (χ4v) is 3.65. The number of ether oxygens (including phenoxy) is 1. The van der Waals surface area contributed by atoms with Crippen LogP contribution in [0.1, 0.15) is 45.1 Å². The number of rotatable bonds is 1. The highest BCUT2D eigenvalue weighted by molar-refractivity contribution is 7.13. The monoisotopic (exact) mass is 329 g/mol. The third kappa shape index (κ3) is 3.29. The number of primary amides is 1. The Kier molecular flexibility index (Phi) is 3.97. The van der Waals surface area contributed by atoms with Crippen LogP contribution in [-0.4, -0.2) is 11.5 Å². The molecule has 0 fully saturated rings. The Morgan fingerprint density at radius 1 is 1.30 bits per heavy atom. The molecule has 0 spiro atoms. The predicted molar refractivity (Wildman–Crippen MR) is 87.8 cm³/mol. The lowest BCUT2D eigenvalue weighted by atomic mass is 9.92. The Hall–Kier alpha value is -2.16. The van der Waals surface area contributed by atoms with Crippen LogP contribution >= 0.6 is 11.3 Å². The number of carbonyl (C=O) groups excluding carboxylic acids is 1. The van der Waals surface area contributed by atoms with E-state index in [-0.39, 0.29) is 11.4 Å². The summed E-state index contributed by atoms with van der Waals surface area (Å²) in [5, 5.41) is 0. The third-order valence-electron chi connectivity index (χ3n) is 3.70. The molecule has 1 aromatic carbocycles. The van der Waals surface area contributed by atoms with Crippen LogP contribution in [0, 0.1) is 17.7 Å². The zero-order valence-electron chi connectivity index (χ0n) is 12.9. The molecule has 3 nitrogen and oxygen atoms in total. The highest BCUT2D eigenvalue weighted by atomic mass is 32.1. The van der Waals surface area contributed by atoms with E-state index in [9.17, 15) is 9.18 Å². The van der Waals surface area contributed by atoms with E-state index in [1.165, 1.54) is 23.5 Å². The first-order chi connectivity index (χ1) is 10.9. The van der Waals surface area contributed by atoms with Crippen LogP contribution in [-0.2, 0) is 17.8 Å². The Morgan fingerprint density at radius 2 is 2.00 bits per heavy atom. The summed E-state index contributed by atoms with van der Waals surface area (Å²) in [6.07, 6.45) is 0.634. The van der Waals surface area contributed by atoms with Gasteiger partial charge in [-0.3, -0.25) is 4.79 Å². The summed E-state index contributed by atoms with van der Waals surface area (Å²) in [7, 11) is 0. The Morgan fingerprint density at radius 3 is 2.65 bits per heavy atom. The maximum absolute atomic E-state index is 12.9. The average molecular weight is 329 g/mol. The second-order valence-corrected chi connectivity index (χ2v) is 7.16. The van der Waals surface area contributed by atoms with E-state index in [4.69, 9.17) is 10.5 Å². The summed E-state index contributed by atoms with van der Waals surface area (Å²) in [5.74, 6) is 5.19. The van der Waals surface area contributed by atoms with Crippen LogP contribution < -0.4 is 5.73 Å². The van der Waals surface area contributed by atoms with Crippen LogP contribution in [0.5, 0.6) is 0 Å². The van der Waals surface area contributed by atoms with E-state index in [1.807, 2.05) is 13.8 Å². The molecule has 3 rings (SSSR count). The summed E-state index contributed by atoms with van der Waals surface area (Å²) in [6, 6.07) is 5.92. The fraction of sp³-hybridized carbons (Fsp3) is 0.278. The lowest BCUT2D eigenvalue weighted by Crippen LogP contribution is -2.32.